The summed E-state index contributed by atoms with van der Waals surface area (Å²) in [6.45, 7) is 0. The summed E-state index contributed by atoms with van der Waals surface area (Å²) in [5.74, 6) is -11.7. The van der Waals surface area contributed by atoms with E-state index in [4.69, 9.17) is 0 Å². The van der Waals surface area contributed by atoms with Crippen LogP contribution < -0.4 is 0 Å². The predicted octanol–water partition coefficient (Wildman–Crippen LogP) is 1.03. The van der Waals surface area contributed by atoms with Gasteiger partial charge in [0.05, 0.1) is 33.4 Å². The molecule has 0 saturated heterocycles. The molecule has 0 bridgehead atoms. The summed E-state index contributed by atoms with van der Waals surface area (Å²) in [5.41, 5.74) is -6.88. The summed E-state index contributed by atoms with van der Waals surface area (Å²) in [5, 5.41) is 54.0. The Labute approximate surface area is 152 Å². The number of carbonyl (C=O) groups is 6. The number of rotatable bonds is 6. The molecule has 0 aromatic heterocycles. The Morgan fingerprint density at radius 3 is 1.21 bits per heavy atom. The van der Waals surface area contributed by atoms with E-state index in [1.54, 1.807) is 0 Å². The second kappa shape index (κ2) is 6.68. The van der Waals surface area contributed by atoms with E-state index in [0.29, 0.717) is 12.1 Å². The van der Waals surface area contributed by atoms with Gasteiger partial charge in [-0.05, 0) is 17.5 Å². The molecule has 0 aliphatic carbocycles. The lowest BCUT2D eigenvalue weighted by molar-refractivity contribution is 0.0633. The summed E-state index contributed by atoms with van der Waals surface area (Å²) in [7, 11) is 0. The van der Waals surface area contributed by atoms with Gasteiger partial charge in [0, 0.05) is 5.39 Å². The highest BCUT2D eigenvalue weighted by Crippen LogP contribution is 2.34. The summed E-state index contributed by atoms with van der Waals surface area (Å²) in [4.78, 5) is 69.1. The van der Waals surface area contributed by atoms with Crippen molar-refractivity contribution < 1.29 is 59.4 Å². The zero-order chi connectivity index (χ0) is 21.5. The number of fused-ring (bicyclic) bond motifs is 1. The van der Waals surface area contributed by atoms with Crippen LogP contribution in [0.5, 0.6) is 0 Å². The van der Waals surface area contributed by atoms with E-state index in [1.807, 2.05) is 0 Å². The standard InChI is InChI=1S/C16H8O12/c17-11(18)4-2-5(12(19)20)8(14(23)24)3-1-6(13(21)22)9(15(25)26)10(7(3)4)16(27)28/h1-2H,(H,17,18)(H,19,20)(H,21,22)(H,23,24)(H,25,26)(H,27,28). The van der Waals surface area contributed by atoms with Crippen molar-refractivity contribution in [1.82, 2.24) is 0 Å². The maximum atomic E-state index is 11.7. The molecule has 12 nitrogen and oxygen atoms in total. The van der Waals surface area contributed by atoms with Gasteiger partial charge in [0.1, 0.15) is 0 Å². The second-order valence-corrected chi connectivity index (χ2v) is 5.27. The van der Waals surface area contributed by atoms with Gasteiger partial charge >= 0.3 is 35.8 Å². The van der Waals surface area contributed by atoms with Crippen LogP contribution in [0.2, 0.25) is 0 Å². The lowest BCUT2D eigenvalue weighted by Crippen LogP contribution is -2.19. The fourth-order valence-corrected chi connectivity index (χ4v) is 2.77. The van der Waals surface area contributed by atoms with E-state index < -0.39 is 80.0 Å². The molecule has 0 unspecified atom stereocenters. The first-order chi connectivity index (χ1) is 12.9. The maximum Gasteiger partial charge on any atom is 0.337 e. The minimum Gasteiger partial charge on any atom is -0.478 e. The van der Waals surface area contributed by atoms with Crippen LogP contribution in [0.4, 0.5) is 0 Å². The van der Waals surface area contributed by atoms with Crippen molar-refractivity contribution in [3.63, 3.8) is 0 Å². The van der Waals surface area contributed by atoms with Gasteiger partial charge in [-0.25, -0.2) is 28.8 Å². The van der Waals surface area contributed by atoms with Crippen molar-refractivity contribution in [3.05, 3.63) is 45.5 Å². The molecular formula is C16H8O12. The van der Waals surface area contributed by atoms with Crippen molar-refractivity contribution >= 4 is 46.6 Å². The van der Waals surface area contributed by atoms with Gasteiger partial charge in [0.25, 0.3) is 0 Å². The molecule has 0 aliphatic heterocycles. The van der Waals surface area contributed by atoms with Gasteiger partial charge in [-0.1, -0.05) is 0 Å². The van der Waals surface area contributed by atoms with Crippen LogP contribution in [0.25, 0.3) is 10.8 Å². The van der Waals surface area contributed by atoms with Crippen molar-refractivity contribution in [3.8, 4) is 0 Å². The first-order valence-corrected chi connectivity index (χ1v) is 6.97. The highest BCUT2D eigenvalue weighted by Gasteiger charge is 2.33. The van der Waals surface area contributed by atoms with Crippen LogP contribution in [-0.2, 0) is 0 Å². The van der Waals surface area contributed by atoms with E-state index in [0.717, 1.165) is 0 Å². The number of hydrogen-bond acceptors (Lipinski definition) is 6. The molecule has 12 heteroatoms. The van der Waals surface area contributed by atoms with E-state index in [2.05, 4.69) is 0 Å². The maximum absolute atomic E-state index is 11.7. The number of aromatic carboxylic acids is 6. The molecule has 0 heterocycles. The van der Waals surface area contributed by atoms with Crippen LogP contribution in [-0.4, -0.2) is 66.5 Å². The second-order valence-electron chi connectivity index (χ2n) is 5.27. The van der Waals surface area contributed by atoms with Gasteiger partial charge < -0.3 is 30.6 Å². The van der Waals surface area contributed by atoms with Gasteiger partial charge in [0.2, 0.25) is 0 Å². The molecule has 2 rings (SSSR count). The molecule has 0 atom stereocenters. The number of hydrogen-bond donors (Lipinski definition) is 6. The normalized spacial score (nSPS) is 10.4. The van der Waals surface area contributed by atoms with Crippen molar-refractivity contribution in [2.24, 2.45) is 0 Å². The minimum atomic E-state index is -2.05. The largest absolute Gasteiger partial charge is 0.478 e. The first kappa shape index (κ1) is 19.8. The monoisotopic (exact) mass is 392 g/mol. The van der Waals surface area contributed by atoms with Crippen molar-refractivity contribution in [1.29, 1.82) is 0 Å². The third-order valence-corrected chi connectivity index (χ3v) is 3.76. The van der Waals surface area contributed by atoms with Crippen LogP contribution in [0.3, 0.4) is 0 Å². The summed E-state index contributed by atoms with van der Waals surface area (Å²) >= 11 is 0. The van der Waals surface area contributed by atoms with Gasteiger partial charge in [-0.3, -0.25) is 0 Å². The van der Waals surface area contributed by atoms with Gasteiger partial charge in [-0.2, -0.15) is 0 Å². The molecule has 0 spiro atoms. The van der Waals surface area contributed by atoms with Crippen molar-refractivity contribution in [2.45, 2.75) is 0 Å². The predicted molar refractivity (Wildman–Crippen MR) is 85.7 cm³/mol. The number of carboxylic acid groups (broad SMARTS) is 6. The molecule has 0 saturated carbocycles. The quantitative estimate of drug-likeness (QED) is 0.405. The Bertz CT molecular complexity index is 1120. The van der Waals surface area contributed by atoms with Gasteiger partial charge in [-0.15, -0.1) is 0 Å². The number of carboxylic acids is 6. The van der Waals surface area contributed by atoms with E-state index in [9.17, 15) is 59.4 Å². The molecule has 0 amide bonds. The molecule has 6 N–H and O–H groups in total. The van der Waals surface area contributed by atoms with E-state index in [1.165, 1.54) is 0 Å². The summed E-state index contributed by atoms with van der Waals surface area (Å²) < 4.78 is 0. The highest BCUT2D eigenvalue weighted by atomic mass is 16.4. The Kier molecular flexibility index (Phi) is 4.73. The molecule has 0 radical (unpaired) electrons. The Hall–Kier alpha value is -4.48. The van der Waals surface area contributed by atoms with Crippen molar-refractivity contribution in [2.75, 3.05) is 0 Å². The summed E-state index contributed by atoms with van der Waals surface area (Å²) in [6, 6.07) is 0.796. The molecule has 2 aromatic rings. The van der Waals surface area contributed by atoms with E-state index in [-0.39, 0.29) is 0 Å². The fourth-order valence-electron chi connectivity index (χ4n) is 2.77. The number of benzene rings is 2. The average molecular weight is 392 g/mol. The molecular weight excluding hydrogens is 384 g/mol. The highest BCUT2D eigenvalue weighted by molar-refractivity contribution is 6.25. The lowest BCUT2D eigenvalue weighted by Gasteiger charge is -2.15. The average Bonchev–Trinajstić information content (AvgIpc) is 2.57. The van der Waals surface area contributed by atoms with Gasteiger partial charge in [0.15, 0.2) is 0 Å². The molecule has 28 heavy (non-hydrogen) atoms. The SMILES string of the molecule is O=C(O)c1cc2c(C(=O)O)c(C(=O)O)cc(C(=O)O)c2c(C(=O)O)c1C(=O)O. The fraction of sp³-hybridized carbons (Fsp3) is 0. The van der Waals surface area contributed by atoms with E-state index >= 15 is 0 Å². The Morgan fingerprint density at radius 1 is 0.464 bits per heavy atom. The topological polar surface area (TPSA) is 224 Å². The zero-order valence-corrected chi connectivity index (χ0v) is 13.3. The van der Waals surface area contributed by atoms with Crippen LogP contribution in [0.15, 0.2) is 12.1 Å². The van der Waals surface area contributed by atoms with Crippen LogP contribution in [0, 0.1) is 0 Å². The Balaban J connectivity index is 3.42. The van der Waals surface area contributed by atoms with Crippen LogP contribution >= 0.6 is 0 Å². The third kappa shape index (κ3) is 2.94. The minimum absolute atomic E-state index is 0.370. The first-order valence-electron chi connectivity index (χ1n) is 6.97. The molecule has 0 fully saturated rings. The Morgan fingerprint density at radius 2 is 0.857 bits per heavy atom. The summed E-state index contributed by atoms with van der Waals surface area (Å²) in [6.07, 6.45) is 0. The zero-order valence-electron chi connectivity index (χ0n) is 13.3. The molecule has 144 valence electrons. The van der Waals surface area contributed by atoms with Crippen LogP contribution in [0.1, 0.15) is 62.1 Å². The molecule has 2 aromatic carbocycles. The smallest absolute Gasteiger partial charge is 0.337 e. The molecule has 0 aliphatic rings. The lowest BCUT2D eigenvalue weighted by atomic mass is 9.86. The third-order valence-electron chi connectivity index (χ3n) is 3.76.